The highest BCUT2D eigenvalue weighted by atomic mass is 16.5. The van der Waals surface area contributed by atoms with Crippen LogP contribution in [0.25, 0.3) is 11.1 Å². The van der Waals surface area contributed by atoms with Crippen molar-refractivity contribution in [2.45, 2.75) is 19.9 Å². The number of hydrogen-bond donors (Lipinski definition) is 2. The average Bonchev–Trinajstić information content (AvgIpc) is 2.77. The molecule has 3 aromatic rings. The van der Waals surface area contributed by atoms with E-state index in [-0.39, 0.29) is 11.9 Å². The number of nitrogens with two attached hydrogens (primary N) is 1. The van der Waals surface area contributed by atoms with E-state index in [4.69, 9.17) is 10.5 Å². The maximum Gasteiger partial charge on any atom is 0.338 e. The average molecular weight is 389 g/mol. The molecular weight excluding hydrogens is 366 g/mol. The molecule has 0 saturated heterocycles. The van der Waals surface area contributed by atoms with Gasteiger partial charge in [-0.25, -0.2) is 4.79 Å². The highest BCUT2D eigenvalue weighted by molar-refractivity contribution is 6.05. The summed E-state index contributed by atoms with van der Waals surface area (Å²) in [6, 6.07) is 15.9. The molecule has 6 nitrogen and oxygen atoms in total. The molecule has 0 spiro atoms. The Morgan fingerprint density at radius 3 is 2.55 bits per heavy atom. The Morgan fingerprint density at radius 1 is 1.03 bits per heavy atom. The van der Waals surface area contributed by atoms with Gasteiger partial charge in [0.25, 0.3) is 5.91 Å². The lowest BCUT2D eigenvalue weighted by atomic mass is 9.95. The normalized spacial score (nSPS) is 10.4. The van der Waals surface area contributed by atoms with Crippen LogP contribution < -0.4 is 11.1 Å². The van der Waals surface area contributed by atoms with Crippen molar-refractivity contribution in [1.82, 2.24) is 4.98 Å². The summed E-state index contributed by atoms with van der Waals surface area (Å²) in [5, 5.41) is 2.84. The van der Waals surface area contributed by atoms with Gasteiger partial charge in [-0.2, -0.15) is 0 Å². The van der Waals surface area contributed by atoms with Crippen molar-refractivity contribution >= 4 is 17.6 Å². The van der Waals surface area contributed by atoms with E-state index in [1.165, 1.54) is 0 Å². The summed E-state index contributed by atoms with van der Waals surface area (Å²) in [4.78, 5) is 28.8. The van der Waals surface area contributed by atoms with E-state index in [0.29, 0.717) is 30.0 Å². The van der Waals surface area contributed by atoms with Crippen LogP contribution >= 0.6 is 0 Å². The summed E-state index contributed by atoms with van der Waals surface area (Å²) in [5.41, 5.74) is 10.0. The van der Waals surface area contributed by atoms with Gasteiger partial charge in [0.1, 0.15) is 0 Å². The number of benzene rings is 2. The van der Waals surface area contributed by atoms with E-state index >= 15 is 0 Å². The number of carbonyl (C=O) groups excluding carboxylic acids is 2. The van der Waals surface area contributed by atoms with Gasteiger partial charge in [-0.15, -0.1) is 0 Å². The Kier molecular flexibility index (Phi) is 6.71. The largest absolute Gasteiger partial charge is 0.462 e. The van der Waals surface area contributed by atoms with Gasteiger partial charge in [0.05, 0.1) is 12.2 Å². The van der Waals surface area contributed by atoms with Crippen molar-refractivity contribution in [2.75, 3.05) is 11.9 Å². The first-order chi connectivity index (χ1) is 14.1. The van der Waals surface area contributed by atoms with Crippen molar-refractivity contribution in [1.29, 1.82) is 0 Å². The van der Waals surface area contributed by atoms with Crippen molar-refractivity contribution in [3.05, 3.63) is 83.7 Å². The van der Waals surface area contributed by atoms with E-state index in [9.17, 15) is 9.59 Å². The molecule has 2 aromatic carbocycles. The third kappa shape index (κ3) is 5.06. The molecule has 0 fully saturated rings. The minimum atomic E-state index is -0.366. The van der Waals surface area contributed by atoms with Gasteiger partial charge in [0, 0.05) is 30.2 Å². The Morgan fingerprint density at radius 2 is 1.83 bits per heavy atom. The SMILES string of the molecule is CCCOC(=O)c1cccc(-c2cc(C(=O)Nc3ccncc3)ccc2CN)c1. The van der Waals surface area contributed by atoms with Crippen molar-refractivity contribution in [2.24, 2.45) is 5.73 Å². The number of aromatic nitrogens is 1. The Labute approximate surface area is 169 Å². The number of rotatable bonds is 7. The van der Waals surface area contributed by atoms with Gasteiger partial charge >= 0.3 is 5.97 Å². The Balaban J connectivity index is 1.91. The second kappa shape index (κ2) is 9.61. The molecule has 1 amide bonds. The highest BCUT2D eigenvalue weighted by Gasteiger charge is 2.13. The highest BCUT2D eigenvalue weighted by Crippen LogP contribution is 2.26. The second-order valence-corrected chi connectivity index (χ2v) is 6.48. The number of amides is 1. The Bertz CT molecular complexity index is 1000. The lowest BCUT2D eigenvalue weighted by molar-refractivity contribution is 0.0505. The fraction of sp³-hybridized carbons (Fsp3) is 0.174. The van der Waals surface area contributed by atoms with Crippen LogP contribution in [0.2, 0.25) is 0 Å². The fourth-order valence-corrected chi connectivity index (χ4v) is 2.89. The first-order valence-electron chi connectivity index (χ1n) is 9.44. The topological polar surface area (TPSA) is 94.3 Å². The van der Waals surface area contributed by atoms with E-state index in [1.807, 2.05) is 19.1 Å². The molecule has 3 rings (SSSR count). The zero-order valence-electron chi connectivity index (χ0n) is 16.2. The molecular formula is C23H23N3O3. The van der Waals surface area contributed by atoms with Gasteiger partial charge in [0.2, 0.25) is 0 Å². The van der Waals surface area contributed by atoms with E-state index in [2.05, 4.69) is 10.3 Å². The third-order valence-electron chi connectivity index (χ3n) is 4.38. The molecule has 148 valence electrons. The van der Waals surface area contributed by atoms with Gasteiger partial charge in [-0.1, -0.05) is 25.1 Å². The second-order valence-electron chi connectivity index (χ2n) is 6.48. The minimum Gasteiger partial charge on any atom is -0.462 e. The molecule has 29 heavy (non-hydrogen) atoms. The lowest BCUT2D eigenvalue weighted by Gasteiger charge is -2.12. The number of nitrogens with one attached hydrogen (secondary N) is 1. The molecule has 3 N–H and O–H groups in total. The summed E-state index contributed by atoms with van der Waals surface area (Å²) in [6.07, 6.45) is 3.99. The number of ether oxygens (including phenoxy) is 1. The first kappa shape index (κ1) is 20.2. The standard InChI is InChI=1S/C23H23N3O3/c1-2-12-29-23(28)18-5-3-4-16(13-18)21-14-17(6-7-19(21)15-24)22(27)26-20-8-10-25-11-9-20/h3-11,13-14H,2,12,15,24H2,1H3,(H,25,26,27). The zero-order valence-corrected chi connectivity index (χ0v) is 16.2. The smallest absolute Gasteiger partial charge is 0.338 e. The lowest BCUT2D eigenvalue weighted by Crippen LogP contribution is -2.12. The van der Waals surface area contributed by atoms with Crippen LogP contribution in [0.3, 0.4) is 0 Å². The molecule has 0 bridgehead atoms. The number of hydrogen-bond acceptors (Lipinski definition) is 5. The molecule has 0 atom stereocenters. The molecule has 0 aliphatic rings. The number of anilines is 1. The quantitative estimate of drug-likeness (QED) is 0.595. The van der Waals surface area contributed by atoms with E-state index in [0.717, 1.165) is 23.1 Å². The fourth-order valence-electron chi connectivity index (χ4n) is 2.89. The van der Waals surface area contributed by atoms with Crippen molar-refractivity contribution in [3.63, 3.8) is 0 Å². The van der Waals surface area contributed by atoms with Gasteiger partial charge in [0.15, 0.2) is 0 Å². The molecule has 0 saturated carbocycles. The van der Waals surface area contributed by atoms with E-state index < -0.39 is 0 Å². The number of pyridine rings is 1. The molecule has 0 aliphatic heterocycles. The summed E-state index contributed by atoms with van der Waals surface area (Å²) < 4.78 is 5.22. The molecule has 0 unspecified atom stereocenters. The summed E-state index contributed by atoms with van der Waals surface area (Å²) >= 11 is 0. The van der Waals surface area contributed by atoms with Crippen LogP contribution in [0.5, 0.6) is 0 Å². The summed E-state index contributed by atoms with van der Waals surface area (Å²) in [6.45, 7) is 2.63. The Hall–Kier alpha value is -3.51. The van der Waals surface area contributed by atoms with Gasteiger partial charge in [-0.3, -0.25) is 9.78 Å². The van der Waals surface area contributed by atoms with Crippen LogP contribution in [-0.4, -0.2) is 23.5 Å². The molecule has 0 radical (unpaired) electrons. The summed E-state index contributed by atoms with van der Waals surface area (Å²) in [5.74, 6) is -0.603. The van der Waals surface area contributed by atoms with Crippen LogP contribution in [0, 0.1) is 0 Å². The third-order valence-corrected chi connectivity index (χ3v) is 4.38. The van der Waals surface area contributed by atoms with Crippen LogP contribution in [-0.2, 0) is 11.3 Å². The number of carbonyl (C=O) groups is 2. The van der Waals surface area contributed by atoms with Gasteiger partial charge in [-0.05, 0) is 59.5 Å². The van der Waals surface area contributed by atoms with Gasteiger partial charge < -0.3 is 15.8 Å². The maximum absolute atomic E-state index is 12.7. The molecule has 1 heterocycles. The number of esters is 1. The summed E-state index contributed by atoms with van der Waals surface area (Å²) in [7, 11) is 0. The predicted octanol–water partition coefficient (Wildman–Crippen LogP) is 4.03. The maximum atomic E-state index is 12.7. The zero-order chi connectivity index (χ0) is 20.6. The van der Waals surface area contributed by atoms with Crippen LogP contribution in [0.4, 0.5) is 5.69 Å². The van der Waals surface area contributed by atoms with Crippen LogP contribution in [0.15, 0.2) is 67.0 Å². The van der Waals surface area contributed by atoms with E-state index in [1.54, 1.807) is 54.9 Å². The predicted molar refractivity (Wildman–Crippen MR) is 113 cm³/mol. The molecule has 1 aromatic heterocycles. The van der Waals surface area contributed by atoms with Crippen LogP contribution in [0.1, 0.15) is 39.6 Å². The van der Waals surface area contributed by atoms with Crippen molar-refractivity contribution in [3.8, 4) is 11.1 Å². The van der Waals surface area contributed by atoms with Crippen molar-refractivity contribution < 1.29 is 14.3 Å². The number of nitrogens with zero attached hydrogens (tertiary/aromatic N) is 1. The molecule has 6 heteroatoms. The monoisotopic (exact) mass is 389 g/mol. The molecule has 0 aliphatic carbocycles. The minimum absolute atomic E-state index is 0.237. The first-order valence-corrected chi connectivity index (χ1v) is 9.44.